The fourth-order valence-electron chi connectivity index (χ4n) is 3.30. The minimum Gasteiger partial charge on any atom is -0.503 e. The summed E-state index contributed by atoms with van der Waals surface area (Å²) in [5.74, 6) is -0.657. The quantitative estimate of drug-likeness (QED) is 0.868. The summed E-state index contributed by atoms with van der Waals surface area (Å²) in [5, 5.41) is 10.3. The zero-order valence-electron chi connectivity index (χ0n) is 14.8. The standard InChI is InChI=1S/C21H21NO4/c1-14(23)18-19(16-9-6-10-17(13-16)26-2)22(21(25)20(18)24)12-11-15-7-4-3-5-8-15/h3-10,13,19,24H,11-12H2,1-2H3/t19-/m1/s1. The predicted octanol–water partition coefficient (Wildman–Crippen LogP) is 3.22. The molecular weight excluding hydrogens is 330 g/mol. The Morgan fingerprint density at radius 1 is 1.15 bits per heavy atom. The van der Waals surface area contributed by atoms with Gasteiger partial charge in [0.05, 0.1) is 18.7 Å². The molecule has 0 saturated carbocycles. The van der Waals surface area contributed by atoms with Crippen LogP contribution in [-0.2, 0) is 16.0 Å². The van der Waals surface area contributed by atoms with Gasteiger partial charge in [-0.05, 0) is 36.6 Å². The summed E-state index contributed by atoms with van der Waals surface area (Å²) >= 11 is 0. The molecule has 1 amide bonds. The van der Waals surface area contributed by atoms with E-state index in [1.165, 1.54) is 6.92 Å². The topological polar surface area (TPSA) is 66.8 Å². The molecule has 3 rings (SSSR count). The number of amides is 1. The van der Waals surface area contributed by atoms with Crippen molar-refractivity contribution < 1.29 is 19.4 Å². The number of hydrogen-bond acceptors (Lipinski definition) is 4. The minimum absolute atomic E-state index is 0.135. The van der Waals surface area contributed by atoms with Crippen molar-refractivity contribution in [3.63, 3.8) is 0 Å². The molecule has 0 fully saturated rings. The van der Waals surface area contributed by atoms with Crippen molar-refractivity contribution in [2.75, 3.05) is 13.7 Å². The largest absolute Gasteiger partial charge is 0.503 e. The third-order valence-electron chi connectivity index (χ3n) is 4.58. The van der Waals surface area contributed by atoms with Crippen LogP contribution in [0.1, 0.15) is 24.1 Å². The van der Waals surface area contributed by atoms with Gasteiger partial charge in [0, 0.05) is 6.54 Å². The third kappa shape index (κ3) is 3.33. The summed E-state index contributed by atoms with van der Waals surface area (Å²) in [7, 11) is 1.56. The second-order valence-corrected chi connectivity index (χ2v) is 6.23. The van der Waals surface area contributed by atoms with Gasteiger partial charge in [0.2, 0.25) is 0 Å². The summed E-state index contributed by atoms with van der Waals surface area (Å²) in [6.45, 7) is 1.76. The lowest BCUT2D eigenvalue weighted by molar-refractivity contribution is -0.129. The molecule has 5 nitrogen and oxygen atoms in total. The van der Waals surface area contributed by atoms with Crippen LogP contribution in [0.25, 0.3) is 0 Å². The number of aliphatic hydroxyl groups excluding tert-OH is 1. The van der Waals surface area contributed by atoms with Crippen LogP contribution >= 0.6 is 0 Å². The van der Waals surface area contributed by atoms with Crippen molar-refractivity contribution in [1.82, 2.24) is 4.90 Å². The van der Waals surface area contributed by atoms with Crippen LogP contribution in [0.15, 0.2) is 65.9 Å². The first-order valence-electron chi connectivity index (χ1n) is 8.46. The van der Waals surface area contributed by atoms with E-state index in [9.17, 15) is 14.7 Å². The fourth-order valence-corrected chi connectivity index (χ4v) is 3.30. The maximum atomic E-state index is 12.6. The van der Waals surface area contributed by atoms with Crippen molar-refractivity contribution in [2.24, 2.45) is 0 Å². The molecular formula is C21H21NO4. The Labute approximate surface area is 152 Å². The van der Waals surface area contributed by atoms with E-state index < -0.39 is 17.7 Å². The number of carbonyl (C=O) groups excluding carboxylic acids is 2. The Hall–Kier alpha value is -3.08. The molecule has 5 heteroatoms. The first kappa shape index (κ1) is 17.7. The first-order chi connectivity index (χ1) is 12.5. The summed E-state index contributed by atoms with van der Waals surface area (Å²) in [6, 6.07) is 16.4. The van der Waals surface area contributed by atoms with Crippen LogP contribution in [0.5, 0.6) is 5.75 Å². The van der Waals surface area contributed by atoms with E-state index in [4.69, 9.17) is 4.74 Å². The Morgan fingerprint density at radius 2 is 1.88 bits per heavy atom. The zero-order chi connectivity index (χ0) is 18.7. The number of Topliss-reactive ketones (excluding diaryl/α,β-unsaturated/α-hetero) is 1. The monoisotopic (exact) mass is 351 g/mol. The highest BCUT2D eigenvalue weighted by Crippen LogP contribution is 2.38. The van der Waals surface area contributed by atoms with E-state index in [1.807, 2.05) is 36.4 Å². The van der Waals surface area contributed by atoms with Crippen molar-refractivity contribution in [3.05, 3.63) is 77.1 Å². The highest BCUT2D eigenvalue weighted by Gasteiger charge is 2.42. The fraction of sp³-hybridized carbons (Fsp3) is 0.238. The SMILES string of the molecule is COc1cccc([C@@H]2C(C(C)=O)=C(O)C(=O)N2CCc2ccccc2)c1. The lowest BCUT2D eigenvalue weighted by Gasteiger charge is -2.27. The van der Waals surface area contributed by atoms with E-state index >= 15 is 0 Å². The van der Waals surface area contributed by atoms with Crippen molar-refractivity contribution in [1.29, 1.82) is 0 Å². The van der Waals surface area contributed by atoms with Gasteiger partial charge in [0.25, 0.3) is 5.91 Å². The molecule has 0 unspecified atom stereocenters. The van der Waals surface area contributed by atoms with Gasteiger partial charge in [-0.15, -0.1) is 0 Å². The molecule has 0 saturated heterocycles. The van der Waals surface area contributed by atoms with Crippen LogP contribution in [0.2, 0.25) is 0 Å². The Balaban J connectivity index is 1.96. The molecule has 1 aliphatic rings. The van der Waals surface area contributed by atoms with Crippen molar-refractivity contribution >= 4 is 11.7 Å². The number of hydrogen-bond donors (Lipinski definition) is 1. The van der Waals surface area contributed by atoms with Crippen LogP contribution in [0.3, 0.4) is 0 Å². The van der Waals surface area contributed by atoms with Gasteiger partial charge in [-0.1, -0.05) is 42.5 Å². The number of carbonyl (C=O) groups is 2. The highest BCUT2D eigenvalue weighted by atomic mass is 16.5. The molecule has 2 aromatic rings. The van der Waals surface area contributed by atoms with Crippen LogP contribution in [-0.4, -0.2) is 35.4 Å². The van der Waals surface area contributed by atoms with Crippen LogP contribution in [0, 0.1) is 0 Å². The van der Waals surface area contributed by atoms with Crippen LogP contribution < -0.4 is 4.74 Å². The number of rotatable bonds is 6. The first-order valence-corrected chi connectivity index (χ1v) is 8.46. The third-order valence-corrected chi connectivity index (χ3v) is 4.58. The van der Waals surface area contributed by atoms with Gasteiger partial charge in [-0.25, -0.2) is 0 Å². The van der Waals surface area contributed by atoms with Crippen molar-refractivity contribution in [2.45, 2.75) is 19.4 Å². The van der Waals surface area contributed by atoms with Gasteiger partial charge in [-0.2, -0.15) is 0 Å². The van der Waals surface area contributed by atoms with E-state index in [0.717, 1.165) is 11.1 Å². The van der Waals surface area contributed by atoms with E-state index in [0.29, 0.717) is 18.7 Å². The van der Waals surface area contributed by atoms with E-state index in [-0.39, 0.29) is 11.4 Å². The number of aliphatic hydroxyl groups is 1. The summed E-state index contributed by atoms with van der Waals surface area (Å²) < 4.78 is 5.26. The highest BCUT2D eigenvalue weighted by molar-refractivity contribution is 6.08. The smallest absolute Gasteiger partial charge is 0.290 e. The molecule has 0 aliphatic carbocycles. The van der Waals surface area contributed by atoms with Gasteiger partial charge in [-0.3, -0.25) is 9.59 Å². The summed E-state index contributed by atoms with van der Waals surface area (Å²) in [5.41, 5.74) is 1.96. The van der Waals surface area contributed by atoms with E-state index in [2.05, 4.69) is 0 Å². The number of ether oxygens (including phenoxy) is 1. The molecule has 26 heavy (non-hydrogen) atoms. The average Bonchev–Trinajstić information content (AvgIpc) is 2.92. The maximum absolute atomic E-state index is 12.6. The maximum Gasteiger partial charge on any atom is 0.290 e. The van der Waals surface area contributed by atoms with Crippen LogP contribution in [0.4, 0.5) is 0 Å². The lowest BCUT2D eigenvalue weighted by atomic mass is 9.96. The number of benzene rings is 2. The molecule has 2 aromatic carbocycles. The normalized spacial score (nSPS) is 16.9. The number of nitrogens with zero attached hydrogens (tertiary/aromatic N) is 1. The Morgan fingerprint density at radius 3 is 2.54 bits per heavy atom. The lowest BCUT2D eigenvalue weighted by Crippen LogP contribution is -2.32. The zero-order valence-corrected chi connectivity index (χ0v) is 14.8. The summed E-state index contributed by atoms with van der Waals surface area (Å²) in [4.78, 5) is 26.3. The van der Waals surface area contributed by atoms with Gasteiger partial charge >= 0.3 is 0 Å². The molecule has 0 bridgehead atoms. The molecule has 1 atom stereocenters. The van der Waals surface area contributed by atoms with Crippen molar-refractivity contribution in [3.8, 4) is 5.75 Å². The molecule has 134 valence electrons. The molecule has 1 N–H and O–H groups in total. The average molecular weight is 351 g/mol. The second kappa shape index (κ2) is 7.44. The number of methoxy groups -OCH3 is 1. The molecule has 1 heterocycles. The van der Waals surface area contributed by atoms with E-state index in [1.54, 1.807) is 30.2 Å². The van der Waals surface area contributed by atoms with Gasteiger partial charge < -0.3 is 14.7 Å². The Kier molecular flexibility index (Phi) is 5.07. The molecule has 0 spiro atoms. The predicted molar refractivity (Wildman–Crippen MR) is 97.9 cm³/mol. The number of ketones is 1. The molecule has 0 aromatic heterocycles. The molecule has 1 aliphatic heterocycles. The second-order valence-electron chi connectivity index (χ2n) is 6.23. The molecule has 0 radical (unpaired) electrons. The minimum atomic E-state index is -0.612. The van der Waals surface area contributed by atoms with Gasteiger partial charge in [0.15, 0.2) is 11.5 Å². The Bertz CT molecular complexity index is 857. The van der Waals surface area contributed by atoms with Gasteiger partial charge in [0.1, 0.15) is 5.75 Å². The summed E-state index contributed by atoms with van der Waals surface area (Å²) in [6.07, 6.45) is 0.630.